The minimum absolute atomic E-state index is 0.354. The van der Waals surface area contributed by atoms with Crippen LogP contribution in [0.25, 0.3) is 5.82 Å². The van der Waals surface area contributed by atoms with Gasteiger partial charge in [0, 0.05) is 6.20 Å². The van der Waals surface area contributed by atoms with E-state index in [2.05, 4.69) is 20.3 Å². The molecule has 0 bridgehead atoms. The second kappa shape index (κ2) is 7.53. The third-order valence-electron chi connectivity index (χ3n) is 5.37. The van der Waals surface area contributed by atoms with E-state index >= 15 is 0 Å². The van der Waals surface area contributed by atoms with Crippen LogP contribution in [-0.2, 0) is 5.60 Å². The summed E-state index contributed by atoms with van der Waals surface area (Å²) >= 11 is 0. The molecule has 29 heavy (non-hydrogen) atoms. The van der Waals surface area contributed by atoms with Crippen LogP contribution in [0, 0.1) is 19.7 Å². The van der Waals surface area contributed by atoms with Crippen LogP contribution in [0.2, 0.25) is 0 Å². The van der Waals surface area contributed by atoms with E-state index in [9.17, 15) is 14.6 Å². The average molecular weight is 397 g/mol. The van der Waals surface area contributed by atoms with Crippen LogP contribution < -0.4 is 5.32 Å². The van der Waals surface area contributed by atoms with Crippen molar-refractivity contribution >= 4 is 11.6 Å². The van der Waals surface area contributed by atoms with E-state index in [1.165, 1.54) is 6.20 Å². The third-order valence-corrected chi connectivity index (χ3v) is 5.37. The summed E-state index contributed by atoms with van der Waals surface area (Å²) in [4.78, 5) is 13.0. The Labute approximate surface area is 168 Å². The van der Waals surface area contributed by atoms with Gasteiger partial charge in [0.25, 0.3) is 0 Å². The van der Waals surface area contributed by atoms with Crippen molar-refractivity contribution in [1.29, 1.82) is 0 Å². The van der Waals surface area contributed by atoms with Crippen molar-refractivity contribution in [3.8, 4) is 5.82 Å². The number of aliphatic hydroxyl groups excluding tert-OH is 1. The minimum Gasteiger partial charge on any atom is -0.393 e. The van der Waals surface area contributed by atoms with Gasteiger partial charge in [-0.05, 0) is 68.9 Å². The Morgan fingerprint density at radius 1 is 1.14 bits per heavy atom. The van der Waals surface area contributed by atoms with Crippen molar-refractivity contribution in [1.82, 2.24) is 19.5 Å². The Balaban J connectivity index is 1.59. The molecule has 1 saturated carbocycles. The predicted molar refractivity (Wildman–Crippen MR) is 107 cm³/mol. The number of nitrogens with one attached hydrogen (secondary N) is 1. The zero-order chi connectivity index (χ0) is 20.6. The predicted octanol–water partition coefficient (Wildman–Crippen LogP) is 3.28. The minimum atomic E-state index is -1.02. The highest BCUT2D eigenvalue weighted by molar-refractivity contribution is 5.55. The van der Waals surface area contributed by atoms with E-state index in [1.807, 2.05) is 19.1 Å². The maximum Gasteiger partial charge on any atom is 0.144 e. The number of anilines is 2. The molecule has 0 spiro atoms. The SMILES string of the molecule is Cc1cc(Nc2cc(C)c(F)cn2)nc(-n2cnc(C3(O)CCC(O)CC3)c2)c1. The van der Waals surface area contributed by atoms with Gasteiger partial charge in [-0.1, -0.05) is 0 Å². The molecule has 8 heteroatoms. The Bertz CT molecular complexity index is 1030. The molecule has 1 aliphatic carbocycles. The summed E-state index contributed by atoms with van der Waals surface area (Å²) in [5.74, 6) is 1.37. The van der Waals surface area contributed by atoms with Gasteiger partial charge >= 0.3 is 0 Å². The van der Waals surface area contributed by atoms with Crippen LogP contribution >= 0.6 is 0 Å². The van der Waals surface area contributed by atoms with E-state index in [0.29, 0.717) is 54.4 Å². The lowest BCUT2D eigenvalue weighted by Gasteiger charge is -2.32. The highest BCUT2D eigenvalue weighted by atomic mass is 19.1. The summed E-state index contributed by atoms with van der Waals surface area (Å²) in [5, 5.41) is 23.7. The first-order chi connectivity index (χ1) is 13.8. The smallest absolute Gasteiger partial charge is 0.144 e. The summed E-state index contributed by atoms with van der Waals surface area (Å²) in [6.45, 7) is 3.63. The molecule has 0 amide bonds. The number of hydrogen-bond acceptors (Lipinski definition) is 6. The molecule has 0 aliphatic heterocycles. The van der Waals surface area contributed by atoms with E-state index in [4.69, 9.17) is 0 Å². The molecule has 3 heterocycles. The number of rotatable bonds is 4. The molecular formula is C21H24FN5O2. The molecule has 4 rings (SSSR count). The van der Waals surface area contributed by atoms with Crippen molar-refractivity contribution in [3.63, 3.8) is 0 Å². The summed E-state index contributed by atoms with van der Waals surface area (Å²) < 4.78 is 15.2. The first kappa shape index (κ1) is 19.5. The van der Waals surface area contributed by atoms with Gasteiger partial charge in [-0.15, -0.1) is 0 Å². The molecule has 7 nitrogen and oxygen atoms in total. The Morgan fingerprint density at radius 3 is 2.62 bits per heavy atom. The average Bonchev–Trinajstić information content (AvgIpc) is 3.18. The zero-order valence-electron chi connectivity index (χ0n) is 16.4. The highest BCUT2D eigenvalue weighted by Crippen LogP contribution is 2.36. The first-order valence-electron chi connectivity index (χ1n) is 9.65. The number of imidazole rings is 1. The highest BCUT2D eigenvalue weighted by Gasteiger charge is 2.36. The number of hydrogen-bond donors (Lipinski definition) is 3. The fourth-order valence-corrected chi connectivity index (χ4v) is 3.61. The van der Waals surface area contributed by atoms with Crippen molar-refractivity contribution in [2.75, 3.05) is 5.32 Å². The first-order valence-corrected chi connectivity index (χ1v) is 9.65. The van der Waals surface area contributed by atoms with Gasteiger partial charge in [0.2, 0.25) is 0 Å². The fourth-order valence-electron chi connectivity index (χ4n) is 3.61. The van der Waals surface area contributed by atoms with Gasteiger partial charge in [0.15, 0.2) is 0 Å². The lowest BCUT2D eigenvalue weighted by atomic mass is 9.81. The van der Waals surface area contributed by atoms with Gasteiger partial charge in [0.05, 0.1) is 18.0 Å². The van der Waals surface area contributed by atoms with Gasteiger partial charge in [-0.3, -0.25) is 4.57 Å². The molecule has 0 radical (unpaired) electrons. The van der Waals surface area contributed by atoms with E-state index in [-0.39, 0.29) is 11.9 Å². The number of aliphatic hydroxyl groups is 2. The normalized spacial score (nSPS) is 21.9. The Kier molecular flexibility index (Phi) is 5.06. The van der Waals surface area contributed by atoms with Crippen molar-refractivity contribution in [3.05, 3.63) is 59.6 Å². The summed E-state index contributed by atoms with van der Waals surface area (Å²) in [7, 11) is 0. The van der Waals surface area contributed by atoms with Gasteiger partial charge in [-0.2, -0.15) is 0 Å². The monoisotopic (exact) mass is 397 g/mol. The van der Waals surface area contributed by atoms with E-state index < -0.39 is 5.60 Å². The molecule has 3 aromatic rings. The van der Waals surface area contributed by atoms with Gasteiger partial charge in [0.1, 0.15) is 35.2 Å². The third kappa shape index (κ3) is 4.13. The van der Waals surface area contributed by atoms with Crippen molar-refractivity contribution < 1.29 is 14.6 Å². The number of pyridine rings is 2. The number of aryl methyl sites for hydroxylation is 2. The summed E-state index contributed by atoms with van der Waals surface area (Å²) in [5.41, 5.74) is 1.04. The molecule has 0 unspecified atom stereocenters. The second-order valence-corrected chi connectivity index (χ2v) is 7.76. The van der Waals surface area contributed by atoms with Crippen molar-refractivity contribution in [2.45, 2.75) is 51.2 Å². The topological polar surface area (TPSA) is 96.1 Å². The number of nitrogens with zero attached hydrogens (tertiary/aromatic N) is 4. The molecule has 1 fully saturated rings. The van der Waals surface area contributed by atoms with Crippen LogP contribution in [0.3, 0.4) is 0 Å². The maximum atomic E-state index is 13.4. The standard InChI is InChI=1S/C21H24FN5O2/c1-13-7-19(25-18-9-14(2)16(22)10-23-18)26-20(8-13)27-11-17(24-12-27)21(29)5-3-15(28)4-6-21/h7-12,15,28-29H,3-6H2,1-2H3,(H,23,25,26). The van der Waals surface area contributed by atoms with Crippen LogP contribution in [0.1, 0.15) is 42.5 Å². The quantitative estimate of drug-likeness (QED) is 0.625. The molecule has 3 aromatic heterocycles. The molecule has 0 aromatic carbocycles. The zero-order valence-corrected chi connectivity index (χ0v) is 16.4. The molecule has 0 atom stereocenters. The fraction of sp³-hybridized carbons (Fsp3) is 0.381. The molecule has 152 valence electrons. The van der Waals surface area contributed by atoms with E-state index in [1.54, 1.807) is 30.1 Å². The van der Waals surface area contributed by atoms with Gasteiger partial charge < -0.3 is 15.5 Å². The Morgan fingerprint density at radius 2 is 1.90 bits per heavy atom. The van der Waals surface area contributed by atoms with Crippen LogP contribution in [-0.4, -0.2) is 35.8 Å². The molecule has 1 aliphatic rings. The summed E-state index contributed by atoms with van der Waals surface area (Å²) in [6, 6.07) is 5.41. The number of halogens is 1. The van der Waals surface area contributed by atoms with Gasteiger partial charge in [-0.25, -0.2) is 19.3 Å². The molecule has 3 N–H and O–H groups in total. The van der Waals surface area contributed by atoms with Crippen LogP contribution in [0.5, 0.6) is 0 Å². The largest absolute Gasteiger partial charge is 0.393 e. The lowest BCUT2D eigenvalue weighted by molar-refractivity contribution is -0.0389. The second-order valence-electron chi connectivity index (χ2n) is 7.76. The van der Waals surface area contributed by atoms with E-state index in [0.717, 1.165) is 5.56 Å². The Hall–Kier alpha value is -2.84. The lowest BCUT2D eigenvalue weighted by Crippen LogP contribution is -2.33. The number of aromatic nitrogens is 4. The van der Waals surface area contributed by atoms with Crippen molar-refractivity contribution in [2.24, 2.45) is 0 Å². The molecule has 0 saturated heterocycles. The summed E-state index contributed by atoms with van der Waals surface area (Å²) in [6.07, 6.45) is 6.32. The van der Waals surface area contributed by atoms with Crippen LogP contribution in [0.4, 0.5) is 16.0 Å². The molecular weight excluding hydrogens is 373 g/mol. The van der Waals surface area contributed by atoms with Crippen LogP contribution in [0.15, 0.2) is 36.9 Å². The maximum absolute atomic E-state index is 13.4.